The fraction of sp³-hybridized carbons (Fsp3) is 0.737. The van der Waals surface area contributed by atoms with Gasteiger partial charge in [0, 0.05) is 25.9 Å². The lowest BCUT2D eigenvalue weighted by atomic mass is 10.1. The smallest absolute Gasteiger partial charge is 0.411 e. The van der Waals surface area contributed by atoms with Crippen LogP contribution in [-0.2, 0) is 28.7 Å². The molecule has 0 N–H and O–H groups in total. The minimum absolute atomic E-state index is 0.0180. The molecule has 2 saturated heterocycles. The molecule has 2 rings (SSSR count). The number of piperazine rings is 1. The maximum Gasteiger partial charge on any atom is 0.411 e. The number of carbonyl (C=O) groups excluding carboxylic acids is 5. The molecule has 0 aromatic rings. The summed E-state index contributed by atoms with van der Waals surface area (Å²) in [6.45, 7) is 10.0. The van der Waals surface area contributed by atoms with Crippen molar-refractivity contribution in [2.75, 3.05) is 19.6 Å². The number of rotatable bonds is 2. The Labute approximate surface area is 175 Å². The fourth-order valence-corrected chi connectivity index (χ4v) is 2.82. The van der Waals surface area contributed by atoms with Crippen LogP contribution in [0.1, 0.15) is 54.4 Å². The van der Waals surface area contributed by atoms with Crippen molar-refractivity contribution in [1.82, 2.24) is 14.9 Å². The molecular formula is C19H29N3O8. The second-order valence-corrected chi connectivity index (χ2v) is 9.11. The third kappa shape index (κ3) is 6.07. The Morgan fingerprint density at radius 3 is 1.83 bits per heavy atom. The van der Waals surface area contributed by atoms with Crippen LogP contribution in [0.3, 0.4) is 0 Å². The number of hydrogen-bond acceptors (Lipinski definition) is 8. The molecule has 11 nitrogen and oxygen atoms in total. The van der Waals surface area contributed by atoms with Crippen LogP contribution < -0.4 is 0 Å². The van der Waals surface area contributed by atoms with Crippen molar-refractivity contribution in [2.45, 2.75) is 71.6 Å². The van der Waals surface area contributed by atoms with Crippen LogP contribution in [0, 0.1) is 0 Å². The molecule has 2 heterocycles. The lowest BCUT2D eigenvalue weighted by Gasteiger charge is -2.40. The number of nitrogens with zero attached hydrogens (tertiary/aromatic N) is 3. The minimum atomic E-state index is -1.28. The highest BCUT2D eigenvalue weighted by molar-refractivity contribution is 6.02. The zero-order chi connectivity index (χ0) is 22.9. The lowest BCUT2D eigenvalue weighted by Crippen LogP contribution is -2.61. The molecule has 4 amide bonds. The Balaban J connectivity index is 2.20. The molecule has 168 valence electrons. The molecule has 0 spiro atoms. The van der Waals surface area contributed by atoms with Gasteiger partial charge in [0.05, 0.1) is 6.54 Å². The molecule has 0 radical (unpaired) electrons. The van der Waals surface area contributed by atoms with E-state index in [1.165, 1.54) is 4.90 Å². The number of hydrogen-bond donors (Lipinski definition) is 0. The zero-order valence-corrected chi connectivity index (χ0v) is 18.2. The number of ether oxygens (including phenoxy) is 2. The van der Waals surface area contributed by atoms with E-state index in [-0.39, 0.29) is 32.5 Å². The quantitative estimate of drug-likeness (QED) is 0.607. The molecular weight excluding hydrogens is 398 g/mol. The summed E-state index contributed by atoms with van der Waals surface area (Å²) in [5.74, 6) is -2.30. The van der Waals surface area contributed by atoms with Gasteiger partial charge in [-0.2, -0.15) is 0 Å². The van der Waals surface area contributed by atoms with Crippen molar-refractivity contribution >= 4 is 30.0 Å². The Bertz CT molecular complexity index is 721. The SMILES string of the molecule is CC(C)(C)OC(=O)N1CCN(C(=O)OC(C)(C)C)[C@@H](C(=O)ON2C(=O)CCC2=O)C1. The van der Waals surface area contributed by atoms with Crippen molar-refractivity contribution in [1.29, 1.82) is 0 Å². The predicted octanol–water partition coefficient (Wildman–Crippen LogP) is 1.45. The zero-order valence-electron chi connectivity index (χ0n) is 18.2. The molecule has 0 aromatic heterocycles. The molecule has 0 aromatic carbocycles. The standard InChI is InChI=1S/C19H29N3O8/c1-18(2,3)28-16(26)20-9-10-21(17(27)29-19(4,5)6)12(11-20)15(25)30-22-13(23)7-8-14(22)24/h12H,7-11H2,1-6H3/t12-/m1/s1. The van der Waals surface area contributed by atoms with Crippen molar-refractivity contribution in [3.8, 4) is 0 Å². The summed E-state index contributed by atoms with van der Waals surface area (Å²) in [6, 6.07) is -1.28. The van der Waals surface area contributed by atoms with Crippen molar-refractivity contribution < 1.29 is 38.3 Å². The first-order chi connectivity index (χ1) is 13.7. The van der Waals surface area contributed by atoms with Crippen molar-refractivity contribution in [2.24, 2.45) is 0 Å². The lowest BCUT2D eigenvalue weighted by molar-refractivity contribution is -0.202. The summed E-state index contributed by atoms with van der Waals surface area (Å²) in [4.78, 5) is 68.8. The molecule has 11 heteroatoms. The number of imide groups is 1. The highest BCUT2D eigenvalue weighted by Gasteiger charge is 2.43. The first kappa shape index (κ1) is 23.4. The van der Waals surface area contributed by atoms with E-state index in [9.17, 15) is 24.0 Å². The van der Waals surface area contributed by atoms with Crippen LogP contribution in [0.5, 0.6) is 0 Å². The summed E-state index contributed by atoms with van der Waals surface area (Å²) in [6.07, 6.45) is -1.54. The summed E-state index contributed by atoms with van der Waals surface area (Å²) in [5, 5.41) is 0.405. The summed E-state index contributed by atoms with van der Waals surface area (Å²) in [7, 11) is 0. The highest BCUT2D eigenvalue weighted by Crippen LogP contribution is 2.21. The van der Waals surface area contributed by atoms with Crippen LogP contribution in [0.25, 0.3) is 0 Å². The Morgan fingerprint density at radius 1 is 0.833 bits per heavy atom. The van der Waals surface area contributed by atoms with Crippen molar-refractivity contribution in [3.63, 3.8) is 0 Å². The topological polar surface area (TPSA) is 123 Å². The Kier molecular flexibility index (Phi) is 6.63. The maximum atomic E-state index is 12.8. The molecule has 2 aliphatic heterocycles. The average molecular weight is 427 g/mol. The van der Waals surface area contributed by atoms with Gasteiger partial charge in [-0.05, 0) is 41.5 Å². The normalized spacial score (nSPS) is 20.3. The number of carbonyl (C=O) groups is 5. The molecule has 0 unspecified atom stereocenters. The van der Waals surface area contributed by atoms with E-state index in [1.54, 1.807) is 41.5 Å². The molecule has 2 aliphatic rings. The van der Waals surface area contributed by atoms with E-state index in [2.05, 4.69) is 0 Å². The Hall–Kier alpha value is -2.85. The second kappa shape index (κ2) is 8.49. The van der Waals surface area contributed by atoms with Gasteiger partial charge in [-0.15, -0.1) is 5.06 Å². The van der Waals surface area contributed by atoms with Gasteiger partial charge in [0.1, 0.15) is 11.2 Å². The van der Waals surface area contributed by atoms with Crippen molar-refractivity contribution in [3.05, 3.63) is 0 Å². The van der Waals surface area contributed by atoms with E-state index in [0.29, 0.717) is 5.06 Å². The van der Waals surface area contributed by atoms with E-state index in [1.807, 2.05) is 0 Å². The van der Waals surface area contributed by atoms with E-state index in [0.717, 1.165) is 4.90 Å². The molecule has 0 aliphatic carbocycles. The van der Waals surface area contributed by atoms with E-state index < -0.39 is 47.2 Å². The number of hydroxylamine groups is 2. The number of amides is 4. The largest absolute Gasteiger partial charge is 0.444 e. The van der Waals surface area contributed by atoms with Gasteiger partial charge in [-0.1, -0.05) is 0 Å². The third-order valence-corrected chi connectivity index (χ3v) is 4.12. The van der Waals surface area contributed by atoms with Crippen LogP contribution in [0.4, 0.5) is 9.59 Å². The third-order valence-electron chi connectivity index (χ3n) is 4.12. The average Bonchev–Trinajstić information content (AvgIpc) is 2.90. The minimum Gasteiger partial charge on any atom is -0.444 e. The molecule has 30 heavy (non-hydrogen) atoms. The molecule has 2 fully saturated rings. The first-order valence-corrected chi connectivity index (χ1v) is 9.73. The van der Waals surface area contributed by atoms with Gasteiger partial charge >= 0.3 is 18.2 Å². The van der Waals surface area contributed by atoms with Crippen LogP contribution >= 0.6 is 0 Å². The summed E-state index contributed by atoms with van der Waals surface area (Å²) < 4.78 is 10.7. The van der Waals surface area contributed by atoms with Crippen LogP contribution in [0.15, 0.2) is 0 Å². The molecule has 0 saturated carbocycles. The highest BCUT2D eigenvalue weighted by atomic mass is 16.7. The molecule has 1 atom stereocenters. The fourth-order valence-electron chi connectivity index (χ4n) is 2.82. The van der Waals surface area contributed by atoms with Gasteiger partial charge in [0.25, 0.3) is 11.8 Å². The van der Waals surface area contributed by atoms with Gasteiger partial charge in [0.2, 0.25) is 0 Å². The summed E-state index contributed by atoms with van der Waals surface area (Å²) >= 11 is 0. The van der Waals surface area contributed by atoms with E-state index in [4.69, 9.17) is 14.3 Å². The maximum absolute atomic E-state index is 12.8. The van der Waals surface area contributed by atoms with Gasteiger partial charge < -0.3 is 19.2 Å². The van der Waals surface area contributed by atoms with Crippen LogP contribution in [-0.4, -0.2) is 81.7 Å². The summed E-state index contributed by atoms with van der Waals surface area (Å²) in [5.41, 5.74) is -1.56. The first-order valence-electron chi connectivity index (χ1n) is 9.73. The van der Waals surface area contributed by atoms with Gasteiger partial charge in [0.15, 0.2) is 6.04 Å². The second-order valence-electron chi connectivity index (χ2n) is 9.11. The van der Waals surface area contributed by atoms with Crippen LogP contribution in [0.2, 0.25) is 0 Å². The van der Waals surface area contributed by atoms with Gasteiger partial charge in [-0.3, -0.25) is 14.5 Å². The van der Waals surface area contributed by atoms with Gasteiger partial charge in [-0.25, -0.2) is 14.4 Å². The monoisotopic (exact) mass is 427 g/mol. The van der Waals surface area contributed by atoms with E-state index >= 15 is 0 Å². The Morgan fingerprint density at radius 2 is 1.33 bits per heavy atom. The molecule has 0 bridgehead atoms. The predicted molar refractivity (Wildman–Crippen MR) is 102 cm³/mol.